The second-order valence-electron chi connectivity index (χ2n) is 5.81. The lowest BCUT2D eigenvalue weighted by Crippen LogP contribution is -2.47. The first kappa shape index (κ1) is 15.8. The molecule has 0 spiro atoms. The zero-order valence-corrected chi connectivity index (χ0v) is 13.0. The number of carbonyl (C=O) groups is 1. The number of nitrogens with two attached hydrogens (primary N) is 1. The van der Waals surface area contributed by atoms with Gasteiger partial charge >= 0.3 is 5.97 Å². The molecule has 0 saturated carbocycles. The minimum absolute atomic E-state index is 0.0627. The van der Waals surface area contributed by atoms with E-state index in [0.717, 1.165) is 18.7 Å². The van der Waals surface area contributed by atoms with Gasteiger partial charge in [-0.15, -0.1) is 0 Å². The van der Waals surface area contributed by atoms with E-state index in [1.54, 1.807) is 12.1 Å². The molecule has 1 atom stereocenters. The van der Waals surface area contributed by atoms with Crippen LogP contribution in [0.4, 0.5) is 5.69 Å². The molecule has 1 aromatic rings. The number of ether oxygens (including phenoxy) is 2. The first-order valence-electron chi connectivity index (χ1n) is 7.35. The Bertz CT molecular complexity index is 482. The molecule has 116 valence electrons. The molecule has 21 heavy (non-hydrogen) atoms. The molecule has 1 aliphatic heterocycles. The molecule has 2 N–H and O–H groups in total. The Hall–Kier alpha value is -1.59. The second-order valence-corrected chi connectivity index (χ2v) is 5.81. The van der Waals surface area contributed by atoms with E-state index in [9.17, 15) is 4.79 Å². The van der Waals surface area contributed by atoms with Gasteiger partial charge in [0.15, 0.2) is 0 Å². The van der Waals surface area contributed by atoms with Crippen molar-refractivity contribution >= 4 is 11.7 Å². The van der Waals surface area contributed by atoms with Crippen LogP contribution in [0.15, 0.2) is 18.2 Å². The van der Waals surface area contributed by atoms with Crippen molar-refractivity contribution in [2.75, 3.05) is 32.0 Å². The highest BCUT2D eigenvalue weighted by Crippen LogP contribution is 2.14. The maximum Gasteiger partial charge on any atom is 0.338 e. The van der Waals surface area contributed by atoms with Crippen molar-refractivity contribution < 1.29 is 14.3 Å². The van der Waals surface area contributed by atoms with Crippen molar-refractivity contribution in [3.63, 3.8) is 0 Å². The van der Waals surface area contributed by atoms with Crippen molar-refractivity contribution in [2.24, 2.45) is 0 Å². The number of hydrogen-bond donors (Lipinski definition) is 1. The van der Waals surface area contributed by atoms with Gasteiger partial charge in [-0.05, 0) is 44.5 Å². The van der Waals surface area contributed by atoms with Crippen LogP contribution in [-0.2, 0) is 9.47 Å². The van der Waals surface area contributed by atoms with Crippen molar-refractivity contribution in [1.82, 2.24) is 4.90 Å². The van der Waals surface area contributed by atoms with Crippen LogP contribution in [-0.4, -0.2) is 49.3 Å². The topological polar surface area (TPSA) is 64.8 Å². The molecule has 2 rings (SSSR count). The molecule has 1 aromatic carbocycles. The number of carbonyl (C=O) groups excluding carboxylic acids is 1. The SMILES string of the molecule is Cc1cc(N)cc(C(=O)OCC2CN(C(C)C)CCO2)c1. The summed E-state index contributed by atoms with van der Waals surface area (Å²) in [6.45, 7) is 8.89. The third-order valence-corrected chi connectivity index (χ3v) is 3.64. The highest BCUT2D eigenvalue weighted by molar-refractivity contribution is 5.90. The largest absolute Gasteiger partial charge is 0.459 e. The van der Waals surface area contributed by atoms with Crippen LogP contribution in [0, 0.1) is 6.92 Å². The molecule has 0 aliphatic carbocycles. The fraction of sp³-hybridized carbons (Fsp3) is 0.562. The van der Waals surface area contributed by atoms with Crippen LogP contribution >= 0.6 is 0 Å². The molecular weight excluding hydrogens is 268 g/mol. The second kappa shape index (κ2) is 6.91. The number of nitrogens with zero attached hydrogens (tertiary/aromatic N) is 1. The highest BCUT2D eigenvalue weighted by atomic mass is 16.6. The molecule has 1 saturated heterocycles. The van der Waals surface area contributed by atoms with E-state index < -0.39 is 0 Å². The summed E-state index contributed by atoms with van der Waals surface area (Å²) in [5.41, 5.74) is 7.76. The Kier molecular flexibility index (Phi) is 5.20. The van der Waals surface area contributed by atoms with E-state index in [-0.39, 0.29) is 18.7 Å². The third-order valence-electron chi connectivity index (χ3n) is 3.64. The molecule has 0 radical (unpaired) electrons. The quantitative estimate of drug-likeness (QED) is 0.677. The van der Waals surface area contributed by atoms with Crippen molar-refractivity contribution in [2.45, 2.75) is 32.9 Å². The van der Waals surface area contributed by atoms with Gasteiger partial charge in [-0.2, -0.15) is 0 Å². The number of rotatable bonds is 4. The summed E-state index contributed by atoms with van der Waals surface area (Å²) in [6.07, 6.45) is -0.0627. The van der Waals surface area contributed by atoms with Crippen LogP contribution < -0.4 is 5.73 Å². The van der Waals surface area contributed by atoms with Crippen LogP contribution in [0.5, 0.6) is 0 Å². The Morgan fingerprint density at radius 3 is 2.90 bits per heavy atom. The maximum absolute atomic E-state index is 12.1. The maximum atomic E-state index is 12.1. The summed E-state index contributed by atoms with van der Waals surface area (Å²) >= 11 is 0. The molecule has 0 aromatic heterocycles. The van der Waals surface area contributed by atoms with Gasteiger partial charge in [0, 0.05) is 24.8 Å². The van der Waals surface area contributed by atoms with E-state index in [0.29, 0.717) is 23.9 Å². The Morgan fingerprint density at radius 1 is 1.48 bits per heavy atom. The van der Waals surface area contributed by atoms with Gasteiger partial charge in [0.1, 0.15) is 12.7 Å². The predicted octanol–water partition coefficient (Wildman–Crippen LogP) is 1.84. The standard InChI is InChI=1S/C16H24N2O3/c1-11(2)18-4-5-20-15(9-18)10-21-16(19)13-6-12(3)7-14(17)8-13/h6-8,11,15H,4-5,9-10,17H2,1-3H3. The summed E-state index contributed by atoms with van der Waals surface area (Å²) < 4.78 is 11.0. The van der Waals surface area contributed by atoms with E-state index in [1.165, 1.54) is 0 Å². The van der Waals surface area contributed by atoms with Gasteiger partial charge in [0.05, 0.1) is 12.2 Å². The fourth-order valence-electron chi connectivity index (χ4n) is 2.49. The summed E-state index contributed by atoms with van der Waals surface area (Å²) in [5.74, 6) is -0.351. The number of anilines is 1. The van der Waals surface area contributed by atoms with Gasteiger partial charge in [0.2, 0.25) is 0 Å². The molecular formula is C16H24N2O3. The number of hydrogen-bond acceptors (Lipinski definition) is 5. The molecule has 1 unspecified atom stereocenters. The van der Waals surface area contributed by atoms with Gasteiger partial charge in [0.25, 0.3) is 0 Å². The zero-order chi connectivity index (χ0) is 15.4. The van der Waals surface area contributed by atoms with Crippen LogP contribution in [0.25, 0.3) is 0 Å². The van der Waals surface area contributed by atoms with E-state index >= 15 is 0 Å². The predicted molar refractivity (Wildman–Crippen MR) is 82.3 cm³/mol. The average molecular weight is 292 g/mol. The fourth-order valence-corrected chi connectivity index (χ4v) is 2.49. The minimum atomic E-state index is -0.351. The Morgan fingerprint density at radius 2 is 2.24 bits per heavy atom. The van der Waals surface area contributed by atoms with Crippen molar-refractivity contribution in [3.8, 4) is 0 Å². The third kappa shape index (κ3) is 4.44. The molecule has 0 amide bonds. The van der Waals surface area contributed by atoms with E-state index in [4.69, 9.17) is 15.2 Å². The number of morpholine rings is 1. The van der Waals surface area contributed by atoms with Gasteiger partial charge in [-0.25, -0.2) is 4.79 Å². The van der Waals surface area contributed by atoms with Crippen LogP contribution in [0.3, 0.4) is 0 Å². The molecule has 0 bridgehead atoms. The van der Waals surface area contributed by atoms with E-state index in [1.807, 2.05) is 13.0 Å². The number of esters is 1. The van der Waals surface area contributed by atoms with Crippen LogP contribution in [0.2, 0.25) is 0 Å². The summed E-state index contributed by atoms with van der Waals surface area (Å²) in [5, 5.41) is 0. The van der Waals surface area contributed by atoms with Crippen molar-refractivity contribution in [3.05, 3.63) is 29.3 Å². The Labute approximate surface area is 126 Å². The Balaban J connectivity index is 1.89. The van der Waals surface area contributed by atoms with Gasteiger partial charge in [-0.3, -0.25) is 4.90 Å². The van der Waals surface area contributed by atoms with Crippen molar-refractivity contribution in [1.29, 1.82) is 0 Å². The highest BCUT2D eigenvalue weighted by Gasteiger charge is 2.23. The van der Waals surface area contributed by atoms with Crippen LogP contribution in [0.1, 0.15) is 29.8 Å². The average Bonchev–Trinajstić information content (AvgIpc) is 2.44. The zero-order valence-electron chi connectivity index (χ0n) is 13.0. The lowest BCUT2D eigenvalue weighted by Gasteiger charge is -2.35. The van der Waals surface area contributed by atoms with Gasteiger partial charge in [-0.1, -0.05) is 0 Å². The summed E-state index contributed by atoms with van der Waals surface area (Å²) in [6, 6.07) is 5.71. The molecule has 1 aliphatic rings. The summed E-state index contributed by atoms with van der Waals surface area (Å²) in [4.78, 5) is 14.4. The lowest BCUT2D eigenvalue weighted by molar-refractivity contribution is -0.0662. The molecule has 5 heteroatoms. The first-order chi connectivity index (χ1) is 9.95. The lowest BCUT2D eigenvalue weighted by atomic mass is 10.1. The molecule has 1 heterocycles. The van der Waals surface area contributed by atoms with Gasteiger partial charge < -0.3 is 15.2 Å². The van der Waals surface area contributed by atoms with E-state index in [2.05, 4.69) is 18.7 Å². The monoisotopic (exact) mass is 292 g/mol. The first-order valence-corrected chi connectivity index (χ1v) is 7.35. The number of nitrogen functional groups attached to an aromatic ring is 1. The minimum Gasteiger partial charge on any atom is -0.459 e. The number of benzene rings is 1. The number of aryl methyl sites for hydroxylation is 1. The molecule has 1 fully saturated rings. The molecule has 5 nitrogen and oxygen atoms in total. The normalized spacial score (nSPS) is 19.7. The summed E-state index contributed by atoms with van der Waals surface area (Å²) in [7, 11) is 0. The smallest absolute Gasteiger partial charge is 0.338 e.